The molecule has 2 N–H and O–H groups in total. The van der Waals surface area contributed by atoms with Crippen LogP contribution >= 0.6 is 11.3 Å². The zero-order chi connectivity index (χ0) is 13.7. The van der Waals surface area contributed by atoms with Gasteiger partial charge in [-0.1, -0.05) is 0 Å². The van der Waals surface area contributed by atoms with Crippen LogP contribution in [-0.2, 0) is 11.3 Å². The van der Waals surface area contributed by atoms with E-state index in [2.05, 4.69) is 4.98 Å². The average Bonchev–Trinajstić information content (AvgIpc) is 2.90. The number of thiazole rings is 1. The summed E-state index contributed by atoms with van der Waals surface area (Å²) in [6.45, 7) is 2.37. The number of esters is 1. The second-order valence-corrected chi connectivity index (χ2v) is 4.67. The van der Waals surface area contributed by atoms with Crippen LogP contribution in [0.3, 0.4) is 0 Å². The van der Waals surface area contributed by atoms with Gasteiger partial charge in [0.2, 0.25) is 0 Å². The number of nitrogens with zero attached hydrogens (tertiary/aromatic N) is 1. The van der Waals surface area contributed by atoms with Crippen molar-refractivity contribution in [2.75, 3.05) is 12.3 Å². The minimum atomic E-state index is -0.441. The normalized spacial score (nSPS) is 10.2. The highest BCUT2D eigenvalue weighted by Crippen LogP contribution is 2.23. The van der Waals surface area contributed by atoms with E-state index in [9.17, 15) is 4.79 Å². The lowest BCUT2D eigenvalue weighted by atomic mass is 10.2. The molecule has 0 atom stereocenters. The zero-order valence-corrected chi connectivity index (χ0v) is 11.3. The molecule has 2 aromatic rings. The topological polar surface area (TPSA) is 74.4 Å². The third-order valence-corrected chi connectivity index (χ3v) is 3.09. The fourth-order valence-corrected chi connectivity index (χ4v) is 2.03. The van der Waals surface area contributed by atoms with Gasteiger partial charge in [-0.05, 0) is 25.1 Å². The van der Waals surface area contributed by atoms with Crippen molar-refractivity contribution < 1.29 is 14.3 Å². The molecule has 6 heteroatoms. The van der Waals surface area contributed by atoms with E-state index in [4.69, 9.17) is 15.2 Å². The van der Waals surface area contributed by atoms with Crippen LogP contribution in [0, 0.1) is 0 Å². The first kappa shape index (κ1) is 13.4. The van der Waals surface area contributed by atoms with Crippen LogP contribution in [-0.4, -0.2) is 17.6 Å². The summed E-state index contributed by atoms with van der Waals surface area (Å²) in [7, 11) is 0. The molecule has 0 bridgehead atoms. The molecule has 0 aliphatic rings. The lowest BCUT2D eigenvalue weighted by molar-refractivity contribution is 0.0521. The third-order valence-electron chi connectivity index (χ3n) is 2.33. The number of rotatable bonds is 5. The average molecular weight is 278 g/mol. The molecule has 0 saturated carbocycles. The third kappa shape index (κ3) is 3.45. The van der Waals surface area contributed by atoms with E-state index >= 15 is 0 Å². The number of benzene rings is 1. The van der Waals surface area contributed by atoms with Crippen molar-refractivity contribution in [3.8, 4) is 5.75 Å². The van der Waals surface area contributed by atoms with E-state index in [1.54, 1.807) is 31.3 Å². The van der Waals surface area contributed by atoms with Gasteiger partial charge >= 0.3 is 5.97 Å². The Bertz CT molecular complexity index is 555. The maximum absolute atomic E-state index is 11.8. The number of ether oxygens (including phenoxy) is 2. The first-order valence-corrected chi connectivity index (χ1v) is 6.66. The summed E-state index contributed by atoms with van der Waals surface area (Å²) in [5.41, 5.74) is 6.50. The highest BCUT2D eigenvalue weighted by Gasteiger charge is 2.14. The number of nitrogen functional groups attached to an aromatic ring is 1. The molecule has 0 fully saturated rings. The minimum absolute atomic E-state index is 0.305. The fraction of sp³-hybridized carbons (Fsp3) is 0.231. The van der Waals surface area contributed by atoms with Crippen LogP contribution in [0.5, 0.6) is 5.75 Å². The predicted molar refractivity (Wildman–Crippen MR) is 73.3 cm³/mol. The SMILES string of the molecule is CCOC(=O)c1cc(N)ccc1OCc1nccs1. The van der Waals surface area contributed by atoms with Crippen LogP contribution in [0.2, 0.25) is 0 Å². The second kappa shape index (κ2) is 6.19. The Kier molecular flexibility index (Phi) is 4.35. The van der Waals surface area contributed by atoms with Crippen molar-refractivity contribution in [2.24, 2.45) is 0 Å². The van der Waals surface area contributed by atoms with Gasteiger partial charge in [0, 0.05) is 17.3 Å². The number of aromatic nitrogens is 1. The molecular weight excluding hydrogens is 264 g/mol. The number of carbonyl (C=O) groups is 1. The van der Waals surface area contributed by atoms with Crippen molar-refractivity contribution >= 4 is 23.0 Å². The number of hydrogen-bond donors (Lipinski definition) is 1. The van der Waals surface area contributed by atoms with Crippen LogP contribution in [0.15, 0.2) is 29.8 Å². The van der Waals surface area contributed by atoms with E-state index in [0.29, 0.717) is 30.2 Å². The molecule has 1 heterocycles. The van der Waals surface area contributed by atoms with Gasteiger partial charge in [-0.2, -0.15) is 0 Å². The van der Waals surface area contributed by atoms with Crippen LogP contribution in [0.1, 0.15) is 22.3 Å². The maximum atomic E-state index is 11.8. The number of hydrogen-bond acceptors (Lipinski definition) is 6. The number of carbonyl (C=O) groups excluding carboxylic acids is 1. The maximum Gasteiger partial charge on any atom is 0.341 e. The molecule has 0 unspecified atom stereocenters. The van der Waals surface area contributed by atoms with E-state index in [-0.39, 0.29) is 0 Å². The van der Waals surface area contributed by atoms with Crippen molar-refractivity contribution in [1.82, 2.24) is 4.98 Å². The largest absolute Gasteiger partial charge is 0.486 e. The summed E-state index contributed by atoms with van der Waals surface area (Å²) in [6.07, 6.45) is 1.71. The van der Waals surface area contributed by atoms with E-state index in [0.717, 1.165) is 5.01 Å². The van der Waals surface area contributed by atoms with Crippen molar-refractivity contribution in [2.45, 2.75) is 13.5 Å². The molecule has 0 saturated heterocycles. The van der Waals surface area contributed by atoms with E-state index in [1.807, 2.05) is 5.38 Å². The van der Waals surface area contributed by atoms with Gasteiger partial charge in [0.15, 0.2) is 0 Å². The molecule has 19 heavy (non-hydrogen) atoms. The Morgan fingerprint density at radius 3 is 3.00 bits per heavy atom. The van der Waals surface area contributed by atoms with E-state index in [1.165, 1.54) is 11.3 Å². The summed E-state index contributed by atoms with van der Waals surface area (Å²) in [6, 6.07) is 4.89. The first-order valence-electron chi connectivity index (χ1n) is 5.78. The van der Waals surface area contributed by atoms with Crippen LogP contribution in [0.4, 0.5) is 5.69 Å². The van der Waals surface area contributed by atoms with Gasteiger partial charge < -0.3 is 15.2 Å². The van der Waals surface area contributed by atoms with Gasteiger partial charge in [-0.3, -0.25) is 0 Å². The van der Waals surface area contributed by atoms with Gasteiger partial charge in [-0.15, -0.1) is 11.3 Å². The molecule has 0 radical (unpaired) electrons. The Labute approximate surface area is 115 Å². The highest BCUT2D eigenvalue weighted by atomic mass is 32.1. The highest BCUT2D eigenvalue weighted by molar-refractivity contribution is 7.09. The molecule has 5 nitrogen and oxygen atoms in total. The minimum Gasteiger partial charge on any atom is -0.486 e. The molecule has 1 aromatic carbocycles. The molecule has 0 aliphatic heterocycles. The monoisotopic (exact) mass is 278 g/mol. The zero-order valence-electron chi connectivity index (χ0n) is 10.5. The van der Waals surface area contributed by atoms with Crippen molar-refractivity contribution in [3.63, 3.8) is 0 Å². The lowest BCUT2D eigenvalue weighted by Gasteiger charge is -2.10. The van der Waals surface area contributed by atoms with Gasteiger partial charge in [-0.25, -0.2) is 9.78 Å². The smallest absolute Gasteiger partial charge is 0.341 e. The Morgan fingerprint density at radius 2 is 2.32 bits per heavy atom. The van der Waals surface area contributed by atoms with Gasteiger partial charge in [0.05, 0.1) is 6.61 Å². The fourth-order valence-electron chi connectivity index (χ4n) is 1.51. The molecule has 2 rings (SSSR count). The van der Waals surface area contributed by atoms with Crippen molar-refractivity contribution in [1.29, 1.82) is 0 Å². The number of nitrogens with two attached hydrogens (primary N) is 1. The summed E-state index contributed by atoms with van der Waals surface area (Å²) < 4.78 is 10.6. The lowest BCUT2D eigenvalue weighted by Crippen LogP contribution is -2.08. The van der Waals surface area contributed by atoms with Gasteiger partial charge in [0.1, 0.15) is 22.9 Å². The second-order valence-electron chi connectivity index (χ2n) is 3.69. The standard InChI is InChI=1S/C13H14N2O3S/c1-2-17-13(16)10-7-9(14)3-4-11(10)18-8-12-15-5-6-19-12/h3-7H,2,8,14H2,1H3. The summed E-state index contributed by atoms with van der Waals surface area (Å²) in [5.74, 6) is 0.00629. The van der Waals surface area contributed by atoms with Crippen molar-refractivity contribution in [3.05, 3.63) is 40.3 Å². The Hall–Kier alpha value is -2.08. The molecule has 0 aliphatic carbocycles. The Balaban J connectivity index is 2.16. The van der Waals surface area contributed by atoms with Gasteiger partial charge in [0.25, 0.3) is 0 Å². The molecule has 100 valence electrons. The summed E-state index contributed by atoms with van der Waals surface area (Å²) in [5, 5.41) is 2.71. The quantitative estimate of drug-likeness (QED) is 0.671. The Morgan fingerprint density at radius 1 is 1.47 bits per heavy atom. The predicted octanol–water partition coefficient (Wildman–Crippen LogP) is 2.48. The summed E-state index contributed by atoms with van der Waals surface area (Å²) in [4.78, 5) is 15.9. The number of anilines is 1. The van der Waals surface area contributed by atoms with E-state index < -0.39 is 5.97 Å². The first-order chi connectivity index (χ1) is 9.20. The van der Waals surface area contributed by atoms with Crippen LogP contribution in [0.25, 0.3) is 0 Å². The molecule has 0 spiro atoms. The van der Waals surface area contributed by atoms with Crippen LogP contribution < -0.4 is 10.5 Å². The molecular formula is C13H14N2O3S. The summed E-state index contributed by atoms with van der Waals surface area (Å²) >= 11 is 1.49. The molecule has 0 amide bonds. The molecule has 1 aromatic heterocycles.